The molecule has 0 saturated heterocycles. The largest absolute Gasteiger partial charge is 0.477 e. The molecular formula is C28H18ClF4N3O3. The van der Waals surface area contributed by atoms with Crippen molar-refractivity contribution < 1.29 is 27.0 Å². The molecule has 198 valence electrons. The minimum Gasteiger partial charge on any atom is -0.477 e. The number of nitrogens with zero attached hydrogens (tertiary/aromatic N) is 3. The summed E-state index contributed by atoms with van der Waals surface area (Å²) in [7, 11) is 0. The van der Waals surface area contributed by atoms with Crippen LogP contribution in [0.15, 0.2) is 65.5 Å². The van der Waals surface area contributed by atoms with Crippen molar-refractivity contribution in [1.29, 1.82) is 5.26 Å². The van der Waals surface area contributed by atoms with Crippen LogP contribution in [-0.4, -0.2) is 16.2 Å². The van der Waals surface area contributed by atoms with E-state index < -0.39 is 22.5 Å². The van der Waals surface area contributed by atoms with Crippen LogP contribution in [0.2, 0.25) is 5.02 Å². The summed E-state index contributed by atoms with van der Waals surface area (Å²) >= 11 is 5.65. The molecule has 0 amide bonds. The molecule has 0 atom stereocenters. The van der Waals surface area contributed by atoms with Gasteiger partial charge in [0.15, 0.2) is 0 Å². The molecule has 0 unspecified atom stereocenters. The number of rotatable bonds is 6. The average molecular weight is 556 g/mol. The van der Waals surface area contributed by atoms with Crippen molar-refractivity contribution in [3.05, 3.63) is 104 Å². The van der Waals surface area contributed by atoms with E-state index in [9.17, 15) is 27.6 Å². The van der Waals surface area contributed by atoms with Crippen LogP contribution in [0.5, 0.6) is 17.4 Å². The van der Waals surface area contributed by atoms with Crippen LogP contribution in [0.3, 0.4) is 0 Å². The summed E-state index contributed by atoms with van der Waals surface area (Å²) in [5.41, 5.74) is 1.43. The molecule has 3 aromatic carbocycles. The Balaban J connectivity index is 1.29. The SMILES string of the molecule is N#Cc1cc(CCOc2cc3n(c(=O)n2)CCc2cc(F)ccc2-3)ccc1Oc1ccc(Cl)c(C(F)(F)F)c1. The first kappa shape index (κ1) is 26.3. The second kappa shape index (κ2) is 10.4. The minimum atomic E-state index is -4.65. The van der Waals surface area contributed by atoms with Crippen molar-refractivity contribution in [2.75, 3.05) is 6.61 Å². The molecule has 1 aliphatic heterocycles. The fourth-order valence-corrected chi connectivity index (χ4v) is 4.57. The van der Waals surface area contributed by atoms with E-state index in [1.54, 1.807) is 24.3 Å². The maximum atomic E-state index is 13.6. The number of aryl methyl sites for hydroxylation is 1. The lowest BCUT2D eigenvalue weighted by atomic mass is 9.98. The Labute approximate surface area is 224 Å². The van der Waals surface area contributed by atoms with Gasteiger partial charge in [-0.3, -0.25) is 4.57 Å². The third-order valence-electron chi connectivity index (χ3n) is 6.21. The first-order valence-electron chi connectivity index (χ1n) is 11.7. The van der Waals surface area contributed by atoms with Crippen molar-refractivity contribution in [2.45, 2.75) is 25.6 Å². The van der Waals surface area contributed by atoms with E-state index in [0.717, 1.165) is 23.3 Å². The molecular weight excluding hydrogens is 538 g/mol. The highest BCUT2D eigenvalue weighted by Gasteiger charge is 2.33. The predicted octanol–water partition coefficient (Wildman–Crippen LogP) is 6.56. The lowest BCUT2D eigenvalue weighted by molar-refractivity contribution is -0.137. The van der Waals surface area contributed by atoms with Crippen LogP contribution in [0, 0.1) is 17.1 Å². The van der Waals surface area contributed by atoms with Gasteiger partial charge in [-0.05, 0) is 66.1 Å². The number of alkyl halides is 3. The number of aromatic nitrogens is 2. The Kier molecular flexibility index (Phi) is 7.02. The third-order valence-corrected chi connectivity index (χ3v) is 6.54. The van der Waals surface area contributed by atoms with Crippen molar-refractivity contribution >= 4 is 11.6 Å². The molecule has 0 fully saturated rings. The quantitative estimate of drug-likeness (QED) is 0.252. The Morgan fingerprint density at radius 1 is 1.08 bits per heavy atom. The number of fused-ring (bicyclic) bond motifs is 3. The molecule has 2 heterocycles. The van der Waals surface area contributed by atoms with Crippen molar-refractivity contribution in [1.82, 2.24) is 9.55 Å². The van der Waals surface area contributed by atoms with Crippen LogP contribution in [0.25, 0.3) is 11.3 Å². The molecule has 0 bridgehead atoms. The van der Waals surface area contributed by atoms with Gasteiger partial charge in [0.25, 0.3) is 0 Å². The van der Waals surface area contributed by atoms with Crippen molar-refractivity contribution in [3.8, 4) is 34.7 Å². The Bertz CT molecular complexity index is 1680. The van der Waals surface area contributed by atoms with Gasteiger partial charge in [-0.2, -0.15) is 23.4 Å². The highest BCUT2D eigenvalue weighted by Crippen LogP contribution is 2.38. The molecule has 6 nitrogen and oxygen atoms in total. The minimum absolute atomic E-state index is 0.0806. The van der Waals surface area contributed by atoms with E-state index >= 15 is 0 Å². The third kappa shape index (κ3) is 5.59. The number of ether oxygens (including phenoxy) is 2. The molecule has 1 aromatic heterocycles. The highest BCUT2D eigenvalue weighted by molar-refractivity contribution is 6.31. The van der Waals surface area contributed by atoms with Crippen molar-refractivity contribution in [2.24, 2.45) is 0 Å². The van der Waals surface area contributed by atoms with Gasteiger partial charge in [0.05, 0.1) is 28.5 Å². The molecule has 11 heteroatoms. The summed E-state index contributed by atoms with van der Waals surface area (Å²) in [4.78, 5) is 16.5. The average Bonchev–Trinajstić information content (AvgIpc) is 2.89. The molecule has 5 rings (SSSR count). The first-order valence-corrected chi connectivity index (χ1v) is 12.1. The molecule has 0 spiro atoms. The maximum absolute atomic E-state index is 13.6. The lowest BCUT2D eigenvalue weighted by Gasteiger charge is -2.21. The highest BCUT2D eigenvalue weighted by atomic mass is 35.5. The number of hydrogen-bond acceptors (Lipinski definition) is 5. The van der Waals surface area contributed by atoms with Crippen LogP contribution in [0.1, 0.15) is 22.3 Å². The van der Waals surface area contributed by atoms with Crippen molar-refractivity contribution in [3.63, 3.8) is 0 Å². The fraction of sp³-hybridized carbons (Fsp3) is 0.179. The first-order chi connectivity index (χ1) is 18.6. The zero-order valence-electron chi connectivity index (χ0n) is 20.1. The van der Waals surface area contributed by atoms with Gasteiger partial charge in [0.2, 0.25) is 5.88 Å². The molecule has 4 aromatic rings. The number of hydrogen-bond donors (Lipinski definition) is 0. The van der Waals surface area contributed by atoms with E-state index in [2.05, 4.69) is 4.98 Å². The van der Waals surface area contributed by atoms with Gasteiger partial charge >= 0.3 is 11.9 Å². The van der Waals surface area contributed by atoms with Crippen LogP contribution >= 0.6 is 11.6 Å². The van der Waals surface area contributed by atoms with Gasteiger partial charge in [-0.15, -0.1) is 0 Å². The van der Waals surface area contributed by atoms with Gasteiger partial charge in [-0.25, -0.2) is 9.18 Å². The topological polar surface area (TPSA) is 77.1 Å². The summed E-state index contributed by atoms with van der Waals surface area (Å²) < 4.78 is 65.9. The molecule has 0 radical (unpaired) electrons. The predicted molar refractivity (Wildman–Crippen MR) is 134 cm³/mol. The Hall–Kier alpha value is -4.36. The molecule has 39 heavy (non-hydrogen) atoms. The molecule has 0 aliphatic carbocycles. The number of nitriles is 1. The molecule has 0 saturated carbocycles. The standard InChI is InChI=1S/C28H18ClF4N3O3/c29-23-5-3-20(13-22(23)28(31,32)33)39-25-6-1-16(11-18(25)15-34)8-10-38-26-14-24-21-4-2-19(30)12-17(21)7-9-36(24)27(37)35-26/h1-6,11-14H,7-10H2. The van der Waals surface area contributed by atoms with E-state index in [-0.39, 0.29) is 35.4 Å². The zero-order chi connectivity index (χ0) is 27.7. The number of benzene rings is 3. The summed E-state index contributed by atoms with van der Waals surface area (Å²) in [6.45, 7) is 0.514. The summed E-state index contributed by atoms with van der Waals surface area (Å²) in [6.07, 6.45) is -3.79. The Morgan fingerprint density at radius 2 is 1.90 bits per heavy atom. The van der Waals surface area contributed by atoms with Crippen LogP contribution in [0.4, 0.5) is 17.6 Å². The Morgan fingerprint density at radius 3 is 2.67 bits per heavy atom. The summed E-state index contributed by atoms with van der Waals surface area (Å²) in [5, 5.41) is 9.10. The maximum Gasteiger partial charge on any atom is 0.417 e. The van der Waals surface area contributed by atoms with Gasteiger partial charge in [-0.1, -0.05) is 17.7 Å². The van der Waals surface area contributed by atoms with Gasteiger partial charge < -0.3 is 9.47 Å². The second-order valence-electron chi connectivity index (χ2n) is 8.75. The summed E-state index contributed by atoms with van der Waals surface area (Å²) in [5.74, 6) is -0.264. The molecule has 1 aliphatic rings. The van der Waals surface area contributed by atoms with Gasteiger partial charge in [0.1, 0.15) is 23.4 Å². The van der Waals surface area contributed by atoms with E-state index in [4.69, 9.17) is 21.1 Å². The lowest BCUT2D eigenvalue weighted by Crippen LogP contribution is -2.28. The van der Waals surface area contributed by atoms with E-state index in [0.29, 0.717) is 30.6 Å². The summed E-state index contributed by atoms with van der Waals surface area (Å²) in [6, 6.07) is 15.8. The second-order valence-corrected chi connectivity index (χ2v) is 9.15. The molecule has 0 N–H and O–H groups in total. The zero-order valence-corrected chi connectivity index (χ0v) is 20.8. The van der Waals surface area contributed by atoms with Crippen LogP contribution in [-0.2, 0) is 25.6 Å². The smallest absolute Gasteiger partial charge is 0.417 e. The monoisotopic (exact) mass is 555 g/mol. The van der Waals surface area contributed by atoms with E-state index in [1.165, 1.54) is 28.8 Å². The number of halogens is 5. The van der Waals surface area contributed by atoms with E-state index in [1.807, 2.05) is 6.07 Å². The van der Waals surface area contributed by atoms with Crippen LogP contribution < -0.4 is 15.2 Å². The fourth-order valence-electron chi connectivity index (χ4n) is 4.34. The normalized spacial score (nSPS) is 12.3. The van der Waals surface area contributed by atoms with Gasteiger partial charge in [0, 0.05) is 24.6 Å².